The van der Waals surface area contributed by atoms with Gasteiger partial charge in [-0.05, 0) is 85.5 Å². The van der Waals surface area contributed by atoms with Crippen LogP contribution in [-0.4, -0.2) is 97.6 Å². The fourth-order valence-corrected chi connectivity index (χ4v) is 10.0. The second-order valence-corrected chi connectivity index (χ2v) is 19.7. The fraction of sp³-hybridized carbons (Fsp3) is 0.388. The zero-order valence-corrected chi connectivity index (χ0v) is 39.1. The number of hydrogen-bond acceptors (Lipinski definition) is 9. The van der Waals surface area contributed by atoms with Gasteiger partial charge in [-0.3, -0.25) is 53.1 Å². The van der Waals surface area contributed by atoms with Crippen molar-refractivity contribution in [3.63, 3.8) is 0 Å². The Labute approximate surface area is 405 Å². The van der Waals surface area contributed by atoms with Crippen molar-refractivity contribution >= 4 is 71.4 Å². The number of carbonyl (C=O) groups excluding carboxylic acids is 8. The number of rotatable bonds is 17. The van der Waals surface area contributed by atoms with Gasteiger partial charge in [0.15, 0.2) is 0 Å². The lowest BCUT2D eigenvalue weighted by molar-refractivity contribution is -0.137. The monoisotopic (exact) mass is 996 g/mol. The number of imide groups is 1. The van der Waals surface area contributed by atoms with Crippen LogP contribution in [0.2, 0.25) is 0 Å². The number of aromatic nitrogens is 1. The van der Waals surface area contributed by atoms with E-state index in [0.717, 1.165) is 48.6 Å². The number of benzene rings is 3. The van der Waals surface area contributed by atoms with Crippen molar-refractivity contribution in [2.24, 2.45) is 5.73 Å². The molecular formula is C49H51F2N8O11P. The molecule has 0 aliphatic carbocycles. The molecule has 4 aliphatic rings. The highest BCUT2D eigenvalue weighted by atomic mass is 31.2. The molecule has 0 spiro atoms. The predicted octanol–water partition coefficient (Wildman–Crippen LogP) is 3.03. The Hall–Kier alpha value is -7.27. The molecule has 0 bridgehead atoms. The van der Waals surface area contributed by atoms with Gasteiger partial charge in [0.25, 0.3) is 11.8 Å². The molecule has 71 heavy (non-hydrogen) atoms. The Kier molecular flexibility index (Phi) is 14.5. The van der Waals surface area contributed by atoms with E-state index in [0.29, 0.717) is 41.6 Å². The Balaban J connectivity index is 0.843. The highest BCUT2D eigenvalue weighted by Gasteiger charge is 2.50. The molecule has 5 heterocycles. The van der Waals surface area contributed by atoms with Crippen LogP contribution in [0.4, 0.5) is 14.5 Å². The molecule has 4 atom stereocenters. The Morgan fingerprint density at radius 2 is 1.70 bits per heavy atom. The van der Waals surface area contributed by atoms with E-state index >= 15 is 0 Å². The number of para-hydroxylation sites is 1. The molecule has 4 aliphatic heterocycles. The molecular weight excluding hydrogens is 946 g/mol. The average Bonchev–Trinajstić information content (AvgIpc) is 4.01. The highest BCUT2D eigenvalue weighted by Crippen LogP contribution is 2.59. The van der Waals surface area contributed by atoms with Gasteiger partial charge in [0.2, 0.25) is 35.4 Å². The number of amides is 8. The Morgan fingerprint density at radius 3 is 2.46 bits per heavy atom. The summed E-state index contributed by atoms with van der Waals surface area (Å²) >= 11 is 0. The number of nitrogens with one attached hydrogen (secondary N) is 5. The topological polar surface area (TPSA) is 290 Å². The molecule has 8 rings (SSSR count). The number of aryl methyl sites for hydroxylation is 1. The molecule has 372 valence electrons. The third-order valence-corrected chi connectivity index (χ3v) is 14.2. The summed E-state index contributed by atoms with van der Waals surface area (Å²) in [5, 5.41) is 10.6. The number of piperidine rings is 1. The maximum atomic E-state index is 14.5. The number of hydrogen-bond donors (Lipinski definition) is 8. The minimum absolute atomic E-state index is 0.0618. The van der Waals surface area contributed by atoms with Gasteiger partial charge in [0.1, 0.15) is 29.9 Å². The van der Waals surface area contributed by atoms with Crippen LogP contribution in [0.3, 0.4) is 0 Å². The molecule has 1 fully saturated rings. The van der Waals surface area contributed by atoms with Gasteiger partial charge in [0, 0.05) is 66.4 Å². The predicted molar refractivity (Wildman–Crippen MR) is 251 cm³/mol. The third kappa shape index (κ3) is 10.6. The van der Waals surface area contributed by atoms with Crippen LogP contribution in [0.15, 0.2) is 60.7 Å². The molecule has 1 unspecified atom stereocenters. The summed E-state index contributed by atoms with van der Waals surface area (Å²) in [5.41, 5.74) is 4.00. The van der Waals surface area contributed by atoms with Crippen molar-refractivity contribution in [2.75, 3.05) is 11.4 Å². The van der Waals surface area contributed by atoms with E-state index in [4.69, 9.17) is 5.73 Å². The summed E-state index contributed by atoms with van der Waals surface area (Å²) in [7, 11) is -5.86. The largest absolute Gasteiger partial charge is 0.399 e. The van der Waals surface area contributed by atoms with Gasteiger partial charge in [0.05, 0.1) is 5.69 Å². The average molecular weight is 997 g/mol. The standard InChI is InChI=1S/C49H51F2N8O11P/c50-49(51,71(68,69)70)31-15-17-34-30(23-31)24-37(54-34)44(63)56-36-16-14-28-11-7-12-29-25-39(59(42(28)29)48(36)67)46(65)55-35(18-20-40(52)60)43(62)53-22-6-4-2-1-3-5-9-27-10-8-13-32-33(27)26-58(47(32)66)38-19-21-41(61)57-45(38)64/h7-8,10-13,15,17,23-24,35-36,38-39,54H,1-4,6,14,16,18-22,25-26H2,(H2,52,60)(H,53,62)(H,55,65)(H,56,63)(H,57,61,64)(H2,68,69,70)/t35-,36-,38?,39-/m0/s1. The van der Waals surface area contributed by atoms with E-state index in [-0.39, 0.29) is 80.0 Å². The number of alkyl halides is 2. The number of halogens is 2. The lowest BCUT2D eigenvalue weighted by Crippen LogP contribution is -2.57. The number of unbranched alkanes of at least 4 members (excludes halogenated alkanes) is 4. The molecule has 4 aromatic rings. The zero-order chi connectivity index (χ0) is 50.8. The quantitative estimate of drug-likeness (QED) is 0.0329. The third-order valence-electron chi connectivity index (χ3n) is 13.2. The number of fused-ring (bicyclic) bond motifs is 2. The second-order valence-electron chi connectivity index (χ2n) is 18.0. The lowest BCUT2D eigenvalue weighted by atomic mass is 10.0. The first-order chi connectivity index (χ1) is 33.8. The smallest absolute Gasteiger partial charge is 0.370 e. The number of aromatic amines is 1. The van der Waals surface area contributed by atoms with Crippen LogP contribution in [0.5, 0.6) is 0 Å². The first-order valence-corrected chi connectivity index (χ1v) is 24.9. The molecule has 19 nitrogen and oxygen atoms in total. The van der Waals surface area contributed by atoms with E-state index in [2.05, 4.69) is 38.1 Å². The maximum absolute atomic E-state index is 14.5. The van der Waals surface area contributed by atoms with Crippen molar-refractivity contribution in [1.82, 2.24) is 31.2 Å². The van der Waals surface area contributed by atoms with Crippen LogP contribution in [0.25, 0.3) is 10.9 Å². The second kappa shape index (κ2) is 20.6. The first kappa shape index (κ1) is 50.1. The van der Waals surface area contributed by atoms with Crippen molar-refractivity contribution in [3.05, 3.63) is 99.7 Å². The number of nitrogens with two attached hydrogens (primary N) is 1. The van der Waals surface area contributed by atoms with Gasteiger partial charge >= 0.3 is 13.3 Å². The Bertz CT molecular complexity index is 2980. The van der Waals surface area contributed by atoms with E-state index in [1.165, 1.54) is 15.9 Å². The number of anilines is 1. The van der Waals surface area contributed by atoms with Crippen LogP contribution in [0, 0.1) is 11.8 Å². The molecule has 0 radical (unpaired) electrons. The van der Waals surface area contributed by atoms with Crippen molar-refractivity contribution < 1.29 is 61.5 Å². The van der Waals surface area contributed by atoms with E-state index in [9.17, 15) is 61.5 Å². The highest BCUT2D eigenvalue weighted by molar-refractivity contribution is 7.52. The molecule has 22 heteroatoms. The van der Waals surface area contributed by atoms with Crippen molar-refractivity contribution in [2.45, 2.75) is 113 Å². The minimum Gasteiger partial charge on any atom is -0.370 e. The van der Waals surface area contributed by atoms with E-state index in [1.54, 1.807) is 24.3 Å². The Morgan fingerprint density at radius 1 is 0.944 bits per heavy atom. The molecule has 9 N–H and O–H groups in total. The lowest BCUT2D eigenvalue weighted by Gasteiger charge is -2.29. The van der Waals surface area contributed by atoms with Gasteiger partial charge < -0.3 is 41.4 Å². The molecule has 8 amide bonds. The minimum atomic E-state index is -5.86. The van der Waals surface area contributed by atoms with Crippen LogP contribution < -0.4 is 31.9 Å². The van der Waals surface area contributed by atoms with Crippen LogP contribution in [-0.2, 0) is 58.4 Å². The summed E-state index contributed by atoms with van der Waals surface area (Å²) in [6.07, 6.45) is 4.14. The fourth-order valence-electron chi connectivity index (χ4n) is 9.53. The van der Waals surface area contributed by atoms with Gasteiger partial charge in [-0.2, -0.15) is 8.78 Å². The summed E-state index contributed by atoms with van der Waals surface area (Å²) in [4.78, 5) is 129. The van der Waals surface area contributed by atoms with Crippen LogP contribution >= 0.6 is 7.60 Å². The summed E-state index contributed by atoms with van der Waals surface area (Å²) in [6.45, 7) is 0.494. The van der Waals surface area contributed by atoms with Crippen molar-refractivity contribution in [3.8, 4) is 11.8 Å². The zero-order valence-electron chi connectivity index (χ0n) is 38.2. The number of primary amides is 1. The first-order valence-electron chi connectivity index (χ1n) is 23.3. The maximum Gasteiger partial charge on any atom is 0.399 e. The molecule has 1 saturated heterocycles. The molecule has 0 saturated carbocycles. The van der Waals surface area contributed by atoms with Gasteiger partial charge in [-0.1, -0.05) is 55.0 Å². The number of carbonyl (C=O) groups is 8. The number of H-pyrrole nitrogens is 1. The van der Waals surface area contributed by atoms with Gasteiger partial charge in [-0.15, -0.1) is 0 Å². The SMILES string of the molecule is NC(=O)CC[C@H](NC(=O)[C@@H]1Cc2cccc3c2N1C(=O)[C@@H](NC(=O)c1cc2cc(C(F)(F)P(=O)(O)O)ccc2[nH]1)CC3)C(=O)NCCCCCCC#Cc1cccc2c1CN(C1CCC(=O)NC1=O)C2=O. The van der Waals surface area contributed by atoms with Crippen molar-refractivity contribution in [1.29, 1.82) is 0 Å². The van der Waals surface area contributed by atoms with E-state index in [1.807, 2.05) is 12.1 Å². The summed E-state index contributed by atoms with van der Waals surface area (Å²) < 4.78 is 40.4. The van der Waals surface area contributed by atoms with Crippen LogP contribution in [0.1, 0.15) is 113 Å². The summed E-state index contributed by atoms with van der Waals surface area (Å²) in [6, 6.07) is 10.5. The summed E-state index contributed by atoms with van der Waals surface area (Å²) in [5.74, 6) is 1.93. The molecule has 1 aromatic heterocycles. The normalized spacial score (nSPS) is 19.0. The number of nitrogens with zero attached hydrogens (tertiary/aromatic N) is 2. The van der Waals surface area contributed by atoms with Gasteiger partial charge in [-0.25, -0.2) is 0 Å². The molecule has 3 aromatic carbocycles. The van der Waals surface area contributed by atoms with E-state index < -0.39 is 78.4 Å².